The van der Waals surface area contributed by atoms with Crippen molar-refractivity contribution in [1.82, 2.24) is 20.0 Å². The van der Waals surface area contributed by atoms with Gasteiger partial charge in [0, 0.05) is 11.6 Å². The molecule has 1 aliphatic heterocycles. The summed E-state index contributed by atoms with van der Waals surface area (Å²) in [6.07, 6.45) is 7.10. The van der Waals surface area contributed by atoms with Crippen LogP contribution in [0.5, 0.6) is 5.75 Å². The van der Waals surface area contributed by atoms with Crippen molar-refractivity contribution < 1.29 is 24.1 Å². The van der Waals surface area contributed by atoms with Crippen LogP contribution in [0.1, 0.15) is 36.0 Å². The highest BCUT2D eigenvalue weighted by molar-refractivity contribution is 5.88. The highest BCUT2D eigenvalue weighted by Gasteiger charge is 2.47. The number of hydrogen-bond donors (Lipinski definition) is 1. The summed E-state index contributed by atoms with van der Waals surface area (Å²) in [6, 6.07) is 1.49. The Morgan fingerprint density at radius 3 is 2.78 bits per heavy atom. The second-order valence-electron chi connectivity index (χ2n) is 7.57. The lowest BCUT2D eigenvalue weighted by atomic mass is 10.1. The van der Waals surface area contributed by atoms with Gasteiger partial charge in [-0.2, -0.15) is 0 Å². The van der Waals surface area contributed by atoms with Crippen LogP contribution in [0.25, 0.3) is 11.4 Å². The van der Waals surface area contributed by atoms with Crippen LogP contribution in [-0.4, -0.2) is 56.7 Å². The molecule has 2 aliphatic carbocycles. The van der Waals surface area contributed by atoms with Gasteiger partial charge < -0.3 is 19.3 Å². The maximum absolute atomic E-state index is 11.2. The van der Waals surface area contributed by atoms with Gasteiger partial charge in [0.15, 0.2) is 6.29 Å². The van der Waals surface area contributed by atoms with E-state index in [0.29, 0.717) is 23.7 Å². The Labute approximate surface area is 155 Å². The molecule has 142 valence electrons. The van der Waals surface area contributed by atoms with Gasteiger partial charge in [0.2, 0.25) is 0 Å². The summed E-state index contributed by atoms with van der Waals surface area (Å²) in [5.41, 5.74) is 1.35. The molecule has 0 radical (unpaired) electrons. The summed E-state index contributed by atoms with van der Waals surface area (Å²) in [6.45, 7) is 1.91. The van der Waals surface area contributed by atoms with E-state index in [1.807, 2.05) is 0 Å². The third kappa shape index (κ3) is 3.52. The van der Waals surface area contributed by atoms with Crippen LogP contribution in [0.15, 0.2) is 18.5 Å². The standard InChI is InChI=1S/C18H20N4O5/c23-17(24)11-5-14(27-12-1-2-12)16(19-6-11)13-7-22(21-20-13)8-15-25-9-18(3-4-18)10-26-15/h5-7,12,15H,1-4,8-10H2,(H,23,24). The molecule has 3 heterocycles. The lowest BCUT2D eigenvalue weighted by Crippen LogP contribution is -2.36. The number of nitrogens with zero attached hydrogens (tertiary/aromatic N) is 4. The molecule has 0 aromatic carbocycles. The second kappa shape index (κ2) is 6.28. The van der Waals surface area contributed by atoms with E-state index < -0.39 is 5.97 Å². The lowest BCUT2D eigenvalue weighted by Gasteiger charge is -2.29. The van der Waals surface area contributed by atoms with Gasteiger partial charge in [0.25, 0.3) is 0 Å². The van der Waals surface area contributed by atoms with E-state index in [0.717, 1.165) is 26.1 Å². The van der Waals surface area contributed by atoms with Gasteiger partial charge in [-0.1, -0.05) is 5.21 Å². The molecule has 9 nitrogen and oxygen atoms in total. The minimum atomic E-state index is -1.04. The third-order valence-electron chi connectivity index (χ3n) is 5.14. The first-order chi connectivity index (χ1) is 13.1. The number of carboxylic acids is 1. The van der Waals surface area contributed by atoms with Crippen LogP contribution >= 0.6 is 0 Å². The SMILES string of the molecule is O=C(O)c1cnc(-c2cn(CC3OCC4(CC4)CO3)nn2)c(OC2CC2)c1. The summed E-state index contributed by atoms with van der Waals surface area (Å²) < 4.78 is 19.1. The second-order valence-corrected chi connectivity index (χ2v) is 7.57. The maximum Gasteiger partial charge on any atom is 0.337 e. The van der Waals surface area contributed by atoms with E-state index in [-0.39, 0.29) is 23.4 Å². The Hall–Kier alpha value is -2.52. The predicted molar refractivity (Wildman–Crippen MR) is 91.2 cm³/mol. The Bertz CT molecular complexity index is 864. The number of carboxylic acid groups (broad SMARTS) is 1. The summed E-state index contributed by atoms with van der Waals surface area (Å²) in [4.78, 5) is 15.5. The minimum absolute atomic E-state index is 0.0832. The molecule has 2 aromatic heterocycles. The zero-order chi connectivity index (χ0) is 18.4. The van der Waals surface area contributed by atoms with Crippen molar-refractivity contribution in [2.45, 2.75) is 44.6 Å². The van der Waals surface area contributed by atoms with Crippen molar-refractivity contribution >= 4 is 5.97 Å². The van der Waals surface area contributed by atoms with E-state index in [4.69, 9.17) is 14.2 Å². The molecular formula is C18H20N4O5. The summed E-state index contributed by atoms with van der Waals surface area (Å²) in [7, 11) is 0. The zero-order valence-corrected chi connectivity index (χ0v) is 14.7. The first kappa shape index (κ1) is 16.6. The maximum atomic E-state index is 11.2. The molecule has 5 rings (SSSR count). The molecule has 2 saturated carbocycles. The van der Waals surface area contributed by atoms with Crippen molar-refractivity contribution in [3.05, 3.63) is 24.0 Å². The molecule has 1 spiro atoms. The van der Waals surface area contributed by atoms with Crippen LogP contribution in [0.4, 0.5) is 0 Å². The van der Waals surface area contributed by atoms with Gasteiger partial charge in [-0.3, -0.25) is 0 Å². The largest absolute Gasteiger partial charge is 0.488 e. The number of rotatable bonds is 6. The predicted octanol–water partition coefficient (Wildman–Crippen LogP) is 1.73. The van der Waals surface area contributed by atoms with Crippen molar-refractivity contribution in [2.24, 2.45) is 5.41 Å². The Balaban J connectivity index is 1.33. The van der Waals surface area contributed by atoms with Gasteiger partial charge in [0.1, 0.15) is 17.1 Å². The monoisotopic (exact) mass is 372 g/mol. The molecule has 3 aliphatic rings. The van der Waals surface area contributed by atoms with Crippen LogP contribution in [0.2, 0.25) is 0 Å². The Kier molecular flexibility index (Phi) is 3.87. The van der Waals surface area contributed by atoms with Gasteiger partial charge in [0.05, 0.1) is 37.6 Å². The van der Waals surface area contributed by atoms with E-state index in [1.165, 1.54) is 25.1 Å². The fourth-order valence-corrected chi connectivity index (χ4v) is 3.06. The number of ether oxygens (including phenoxy) is 3. The third-order valence-corrected chi connectivity index (χ3v) is 5.14. The topological polar surface area (TPSA) is 109 Å². The minimum Gasteiger partial charge on any atom is -0.488 e. The molecule has 1 N–H and O–H groups in total. The number of aromatic nitrogens is 4. The molecule has 27 heavy (non-hydrogen) atoms. The van der Waals surface area contributed by atoms with E-state index in [2.05, 4.69) is 15.3 Å². The highest BCUT2D eigenvalue weighted by atomic mass is 16.7. The summed E-state index contributed by atoms with van der Waals surface area (Å²) in [5.74, 6) is -0.622. The fourth-order valence-electron chi connectivity index (χ4n) is 3.06. The van der Waals surface area contributed by atoms with Crippen LogP contribution in [0, 0.1) is 5.41 Å². The summed E-state index contributed by atoms with van der Waals surface area (Å²) >= 11 is 0. The number of pyridine rings is 1. The Morgan fingerprint density at radius 1 is 1.33 bits per heavy atom. The molecule has 0 unspecified atom stereocenters. The Morgan fingerprint density at radius 2 is 2.11 bits per heavy atom. The zero-order valence-electron chi connectivity index (χ0n) is 14.7. The molecule has 2 aromatic rings. The summed E-state index contributed by atoms with van der Waals surface area (Å²) in [5, 5.41) is 17.5. The molecular weight excluding hydrogens is 352 g/mol. The van der Waals surface area contributed by atoms with Gasteiger partial charge in [-0.15, -0.1) is 5.10 Å². The fraction of sp³-hybridized carbons (Fsp3) is 0.556. The van der Waals surface area contributed by atoms with Crippen LogP contribution < -0.4 is 4.74 Å². The van der Waals surface area contributed by atoms with Gasteiger partial charge in [-0.25, -0.2) is 14.5 Å². The van der Waals surface area contributed by atoms with E-state index in [9.17, 15) is 9.90 Å². The van der Waals surface area contributed by atoms with Crippen LogP contribution in [-0.2, 0) is 16.0 Å². The average molecular weight is 372 g/mol. The lowest BCUT2D eigenvalue weighted by molar-refractivity contribution is -0.213. The average Bonchev–Trinajstić information content (AvgIpc) is 3.58. The van der Waals surface area contributed by atoms with Crippen molar-refractivity contribution in [3.63, 3.8) is 0 Å². The molecule has 3 fully saturated rings. The first-order valence-electron chi connectivity index (χ1n) is 9.14. The van der Waals surface area contributed by atoms with E-state index >= 15 is 0 Å². The molecule has 0 amide bonds. The first-order valence-corrected chi connectivity index (χ1v) is 9.14. The van der Waals surface area contributed by atoms with Gasteiger partial charge in [-0.05, 0) is 31.7 Å². The van der Waals surface area contributed by atoms with Crippen LogP contribution in [0.3, 0.4) is 0 Å². The van der Waals surface area contributed by atoms with Crippen molar-refractivity contribution in [2.75, 3.05) is 13.2 Å². The van der Waals surface area contributed by atoms with Crippen molar-refractivity contribution in [1.29, 1.82) is 0 Å². The molecule has 0 bridgehead atoms. The normalized spacial score (nSPS) is 21.3. The number of carbonyl (C=O) groups is 1. The van der Waals surface area contributed by atoms with Crippen molar-refractivity contribution in [3.8, 4) is 17.1 Å². The van der Waals surface area contributed by atoms with E-state index in [1.54, 1.807) is 10.9 Å². The molecule has 0 atom stereocenters. The molecule has 1 saturated heterocycles. The quantitative estimate of drug-likeness (QED) is 0.817. The smallest absolute Gasteiger partial charge is 0.337 e. The number of hydrogen-bond acceptors (Lipinski definition) is 7. The highest BCUT2D eigenvalue weighted by Crippen LogP contribution is 2.48. The number of aromatic carboxylic acids is 1. The van der Waals surface area contributed by atoms with Gasteiger partial charge >= 0.3 is 5.97 Å². The molecule has 9 heteroatoms.